The first-order chi connectivity index (χ1) is 13.2. The summed E-state index contributed by atoms with van der Waals surface area (Å²) >= 11 is 0. The van der Waals surface area contributed by atoms with Gasteiger partial charge in [-0.15, -0.1) is 0 Å². The minimum Gasteiger partial charge on any atom is -0.495 e. The molecule has 1 amide bonds. The van der Waals surface area contributed by atoms with Crippen molar-refractivity contribution in [2.24, 2.45) is 0 Å². The second-order valence-corrected chi connectivity index (χ2v) is 6.52. The maximum Gasteiger partial charge on any atom is 0.274 e. The van der Waals surface area contributed by atoms with Crippen LogP contribution in [0, 0.1) is 0 Å². The van der Waals surface area contributed by atoms with Crippen LogP contribution in [0.4, 0.5) is 11.5 Å². The van der Waals surface area contributed by atoms with Crippen LogP contribution in [-0.2, 0) is 0 Å². The second kappa shape index (κ2) is 9.21. The average molecular weight is 369 g/mol. The summed E-state index contributed by atoms with van der Waals surface area (Å²) in [5.74, 6) is 1.50. The molecule has 7 nitrogen and oxygen atoms in total. The van der Waals surface area contributed by atoms with Crippen molar-refractivity contribution in [1.82, 2.24) is 14.9 Å². The number of ether oxygens (including phenoxy) is 1. The van der Waals surface area contributed by atoms with Crippen molar-refractivity contribution in [3.63, 3.8) is 0 Å². The molecule has 1 aromatic carbocycles. The Morgan fingerprint density at radius 3 is 2.59 bits per heavy atom. The first-order valence-corrected chi connectivity index (χ1v) is 9.46. The number of unbranched alkanes of at least 4 members (excludes halogenated alkanes) is 1. The van der Waals surface area contributed by atoms with Gasteiger partial charge in [-0.3, -0.25) is 4.79 Å². The van der Waals surface area contributed by atoms with Gasteiger partial charge in [0.05, 0.1) is 25.2 Å². The summed E-state index contributed by atoms with van der Waals surface area (Å²) in [5, 5.41) is 3.21. The van der Waals surface area contributed by atoms with E-state index in [0.29, 0.717) is 24.6 Å². The van der Waals surface area contributed by atoms with Gasteiger partial charge in [-0.1, -0.05) is 25.5 Å². The molecule has 1 aliphatic rings. The zero-order valence-corrected chi connectivity index (χ0v) is 16.0. The SMILES string of the molecule is CCCCNc1cnc(C(=O)N2CCN(c3ccccc3OC)CC2)cn1. The largest absolute Gasteiger partial charge is 0.495 e. The van der Waals surface area contributed by atoms with Crippen LogP contribution in [-0.4, -0.2) is 60.6 Å². The number of piperazine rings is 1. The van der Waals surface area contributed by atoms with Crippen molar-refractivity contribution >= 4 is 17.4 Å². The highest BCUT2D eigenvalue weighted by atomic mass is 16.5. The molecule has 7 heteroatoms. The monoisotopic (exact) mass is 369 g/mol. The number of carbonyl (C=O) groups is 1. The Balaban J connectivity index is 1.56. The molecule has 144 valence electrons. The van der Waals surface area contributed by atoms with Crippen molar-refractivity contribution < 1.29 is 9.53 Å². The summed E-state index contributed by atoms with van der Waals surface area (Å²) < 4.78 is 5.44. The number of amides is 1. The fraction of sp³-hybridized carbons (Fsp3) is 0.450. The molecule has 0 bridgehead atoms. The molecule has 27 heavy (non-hydrogen) atoms. The van der Waals surface area contributed by atoms with E-state index < -0.39 is 0 Å². The Kier molecular flexibility index (Phi) is 6.46. The Morgan fingerprint density at radius 1 is 1.15 bits per heavy atom. The van der Waals surface area contributed by atoms with Crippen LogP contribution in [0.15, 0.2) is 36.7 Å². The van der Waals surface area contributed by atoms with Crippen molar-refractivity contribution in [2.75, 3.05) is 50.1 Å². The third-order valence-corrected chi connectivity index (χ3v) is 4.70. The Labute approximate surface area is 160 Å². The van der Waals surface area contributed by atoms with Crippen LogP contribution in [0.3, 0.4) is 0 Å². The van der Waals surface area contributed by atoms with Gasteiger partial charge < -0.3 is 19.9 Å². The number of rotatable bonds is 7. The highest BCUT2D eigenvalue weighted by Crippen LogP contribution is 2.28. The predicted molar refractivity (Wildman–Crippen MR) is 107 cm³/mol. The van der Waals surface area contributed by atoms with Gasteiger partial charge in [0, 0.05) is 32.7 Å². The highest BCUT2D eigenvalue weighted by Gasteiger charge is 2.24. The number of benzene rings is 1. The number of hydrogen-bond donors (Lipinski definition) is 1. The molecule has 0 spiro atoms. The molecule has 1 N–H and O–H groups in total. The number of aromatic nitrogens is 2. The van der Waals surface area contributed by atoms with Crippen molar-refractivity contribution in [3.8, 4) is 5.75 Å². The first-order valence-electron chi connectivity index (χ1n) is 9.46. The summed E-state index contributed by atoms with van der Waals surface area (Å²) in [7, 11) is 1.68. The third kappa shape index (κ3) is 4.67. The van der Waals surface area contributed by atoms with E-state index in [-0.39, 0.29) is 5.91 Å². The van der Waals surface area contributed by atoms with Crippen molar-refractivity contribution in [1.29, 1.82) is 0 Å². The smallest absolute Gasteiger partial charge is 0.274 e. The van der Waals surface area contributed by atoms with Gasteiger partial charge in [0.25, 0.3) is 5.91 Å². The topological polar surface area (TPSA) is 70.6 Å². The lowest BCUT2D eigenvalue weighted by Gasteiger charge is -2.36. The zero-order valence-electron chi connectivity index (χ0n) is 16.0. The Bertz CT molecular complexity index is 742. The molecule has 0 radical (unpaired) electrons. The fourth-order valence-corrected chi connectivity index (χ4v) is 3.13. The fourth-order valence-electron chi connectivity index (χ4n) is 3.13. The average Bonchev–Trinajstić information content (AvgIpc) is 2.74. The summed E-state index contributed by atoms with van der Waals surface area (Å²) in [4.78, 5) is 25.4. The summed E-state index contributed by atoms with van der Waals surface area (Å²) in [6, 6.07) is 7.97. The first kappa shape index (κ1) is 18.9. The highest BCUT2D eigenvalue weighted by molar-refractivity contribution is 5.92. The van der Waals surface area contributed by atoms with Crippen LogP contribution in [0.1, 0.15) is 30.3 Å². The van der Waals surface area contributed by atoms with Gasteiger partial charge in [0.2, 0.25) is 0 Å². The van der Waals surface area contributed by atoms with Gasteiger partial charge in [-0.2, -0.15) is 0 Å². The zero-order chi connectivity index (χ0) is 19.1. The molecule has 2 aromatic rings. The molecular weight excluding hydrogens is 342 g/mol. The quantitative estimate of drug-likeness (QED) is 0.757. The number of methoxy groups -OCH3 is 1. The summed E-state index contributed by atoms with van der Waals surface area (Å²) in [5.41, 5.74) is 1.45. The molecule has 1 aromatic heterocycles. The van der Waals surface area contributed by atoms with Crippen LogP contribution in [0.25, 0.3) is 0 Å². The van der Waals surface area contributed by atoms with Crippen molar-refractivity contribution in [2.45, 2.75) is 19.8 Å². The summed E-state index contributed by atoms with van der Waals surface area (Å²) in [6.07, 6.45) is 5.40. The number of nitrogens with one attached hydrogen (secondary N) is 1. The van der Waals surface area contributed by atoms with E-state index in [1.165, 1.54) is 0 Å². The van der Waals surface area contributed by atoms with Crippen LogP contribution >= 0.6 is 0 Å². The van der Waals surface area contributed by atoms with E-state index in [2.05, 4.69) is 27.1 Å². The van der Waals surface area contributed by atoms with E-state index in [1.54, 1.807) is 19.5 Å². The summed E-state index contributed by atoms with van der Waals surface area (Å²) in [6.45, 7) is 5.82. The van der Waals surface area contributed by atoms with Gasteiger partial charge in [0.1, 0.15) is 17.3 Å². The third-order valence-electron chi connectivity index (χ3n) is 4.70. The Morgan fingerprint density at radius 2 is 1.93 bits per heavy atom. The van der Waals surface area contributed by atoms with Gasteiger partial charge in [-0.25, -0.2) is 9.97 Å². The number of anilines is 2. The van der Waals surface area contributed by atoms with Crippen LogP contribution in [0.5, 0.6) is 5.75 Å². The molecule has 0 saturated carbocycles. The molecule has 0 aliphatic carbocycles. The number of hydrogen-bond acceptors (Lipinski definition) is 6. The van der Waals surface area contributed by atoms with Crippen LogP contribution < -0.4 is 15.0 Å². The van der Waals surface area contributed by atoms with Gasteiger partial charge >= 0.3 is 0 Å². The Hall–Kier alpha value is -2.83. The van der Waals surface area contributed by atoms with Crippen LogP contribution in [0.2, 0.25) is 0 Å². The predicted octanol–water partition coefficient (Wildman–Crippen LogP) is 2.66. The minimum atomic E-state index is -0.0673. The van der Waals surface area contributed by atoms with Gasteiger partial charge in [-0.05, 0) is 18.6 Å². The van der Waals surface area contributed by atoms with E-state index in [4.69, 9.17) is 4.74 Å². The van der Waals surface area contributed by atoms with E-state index in [0.717, 1.165) is 43.9 Å². The molecule has 1 saturated heterocycles. The molecule has 0 atom stereocenters. The maximum absolute atomic E-state index is 12.7. The van der Waals surface area contributed by atoms with Crippen molar-refractivity contribution in [3.05, 3.63) is 42.4 Å². The number of para-hydroxylation sites is 2. The second-order valence-electron chi connectivity index (χ2n) is 6.52. The normalized spacial score (nSPS) is 14.1. The lowest BCUT2D eigenvalue weighted by Crippen LogP contribution is -2.49. The molecule has 1 fully saturated rings. The molecule has 3 rings (SSSR count). The number of carbonyl (C=O) groups excluding carboxylic acids is 1. The van der Waals surface area contributed by atoms with E-state index in [1.807, 2.05) is 29.2 Å². The molecule has 1 aliphatic heterocycles. The van der Waals surface area contributed by atoms with E-state index in [9.17, 15) is 4.79 Å². The molecule has 0 unspecified atom stereocenters. The molecule has 2 heterocycles. The van der Waals surface area contributed by atoms with E-state index >= 15 is 0 Å². The number of nitrogens with zero attached hydrogens (tertiary/aromatic N) is 4. The lowest BCUT2D eigenvalue weighted by atomic mass is 10.2. The maximum atomic E-state index is 12.7. The standard InChI is InChI=1S/C20H27N5O2/c1-3-4-9-21-19-15-22-16(14-23-19)20(26)25-12-10-24(11-13-25)17-7-5-6-8-18(17)27-2/h5-8,14-15H,3-4,9-13H2,1-2H3,(H,21,23). The lowest BCUT2D eigenvalue weighted by molar-refractivity contribution is 0.0740. The van der Waals surface area contributed by atoms with Gasteiger partial charge in [0.15, 0.2) is 0 Å². The molecular formula is C20H27N5O2. The minimum absolute atomic E-state index is 0.0673.